The van der Waals surface area contributed by atoms with E-state index in [-0.39, 0.29) is 5.91 Å². The second-order valence-electron chi connectivity index (χ2n) is 6.99. The third-order valence-electron chi connectivity index (χ3n) is 4.79. The number of benzene rings is 2. The zero-order chi connectivity index (χ0) is 19.5. The monoisotopic (exact) mass is 370 g/mol. The fourth-order valence-corrected chi connectivity index (χ4v) is 3.38. The van der Waals surface area contributed by atoms with Gasteiger partial charge in [-0.25, -0.2) is 0 Å². The molecule has 4 rings (SSSR count). The Kier molecular flexibility index (Phi) is 4.89. The van der Waals surface area contributed by atoms with E-state index in [9.17, 15) is 4.79 Å². The number of carbonyl (C=O) groups excluding carboxylic acids is 1. The fraction of sp³-hybridized carbons (Fsp3) is 0.174. The largest absolute Gasteiger partial charge is 0.348 e. The number of aromatic nitrogens is 3. The van der Waals surface area contributed by atoms with Crippen molar-refractivity contribution in [3.8, 4) is 0 Å². The molecule has 1 amide bonds. The maximum absolute atomic E-state index is 13.0. The Morgan fingerprint density at radius 3 is 2.64 bits per heavy atom. The summed E-state index contributed by atoms with van der Waals surface area (Å²) in [5, 5.41) is 8.23. The molecule has 0 saturated carbocycles. The lowest BCUT2D eigenvalue weighted by Gasteiger charge is -2.13. The third kappa shape index (κ3) is 3.78. The number of fused-ring (bicyclic) bond motifs is 1. The highest BCUT2D eigenvalue weighted by atomic mass is 16.1. The standard InChI is InChI=1S/C23H22N4O/c1-16-8-9-22-20(12-16)21(13-17(2)26-22)23(28)24-14-18-6-3-4-7-19(18)15-27-11-5-10-25-27/h3-13H,14-15H2,1-2H3,(H,24,28). The van der Waals surface area contributed by atoms with Crippen molar-refractivity contribution in [2.45, 2.75) is 26.9 Å². The Morgan fingerprint density at radius 1 is 1.04 bits per heavy atom. The molecule has 140 valence electrons. The van der Waals surface area contributed by atoms with Crippen LogP contribution in [-0.2, 0) is 13.1 Å². The van der Waals surface area contributed by atoms with E-state index in [1.54, 1.807) is 6.20 Å². The Bertz CT molecular complexity index is 1130. The van der Waals surface area contributed by atoms with Gasteiger partial charge in [-0.15, -0.1) is 0 Å². The van der Waals surface area contributed by atoms with Crippen LogP contribution in [0.5, 0.6) is 0 Å². The molecule has 2 heterocycles. The average molecular weight is 370 g/mol. The van der Waals surface area contributed by atoms with Gasteiger partial charge in [0, 0.05) is 30.0 Å². The lowest BCUT2D eigenvalue weighted by atomic mass is 10.0. The highest BCUT2D eigenvalue weighted by Crippen LogP contribution is 2.20. The van der Waals surface area contributed by atoms with Gasteiger partial charge < -0.3 is 5.32 Å². The van der Waals surface area contributed by atoms with E-state index in [4.69, 9.17) is 0 Å². The lowest BCUT2D eigenvalue weighted by molar-refractivity contribution is 0.0952. The van der Waals surface area contributed by atoms with Crippen molar-refractivity contribution < 1.29 is 4.79 Å². The maximum Gasteiger partial charge on any atom is 0.252 e. The first-order valence-corrected chi connectivity index (χ1v) is 9.30. The summed E-state index contributed by atoms with van der Waals surface area (Å²) in [6.45, 7) is 5.07. The van der Waals surface area contributed by atoms with Gasteiger partial charge in [0.1, 0.15) is 0 Å². The summed E-state index contributed by atoms with van der Waals surface area (Å²) in [6, 6.07) is 17.9. The van der Waals surface area contributed by atoms with E-state index in [2.05, 4.69) is 21.5 Å². The number of pyridine rings is 1. The SMILES string of the molecule is Cc1ccc2nc(C)cc(C(=O)NCc3ccccc3Cn3cccn3)c2c1. The Morgan fingerprint density at radius 2 is 1.86 bits per heavy atom. The molecule has 0 unspecified atom stereocenters. The first kappa shape index (κ1) is 17.9. The summed E-state index contributed by atoms with van der Waals surface area (Å²) in [4.78, 5) is 17.5. The molecular formula is C23H22N4O. The normalized spacial score (nSPS) is 10.9. The van der Waals surface area contributed by atoms with Gasteiger partial charge in [-0.1, -0.05) is 35.9 Å². The molecule has 2 aromatic carbocycles. The van der Waals surface area contributed by atoms with Gasteiger partial charge in [0.15, 0.2) is 0 Å². The lowest BCUT2D eigenvalue weighted by Crippen LogP contribution is -2.24. The molecule has 0 aliphatic heterocycles. The summed E-state index contributed by atoms with van der Waals surface area (Å²) < 4.78 is 1.88. The first-order valence-electron chi connectivity index (χ1n) is 9.30. The van der Waals surface area contributed by atoms with Gasteiger partial charge in [-0.05, 0) is 49.2 Å². The highest BCUT2D eigenvalue weighted by Gasteiger charge is 2.13. The predicted molar refractivity (Wildman–Crippen MR) is 110 cm³/mol. The molecule has 0 spiro atoms. The molecule has 0 aliphatic rings. The van der Waals surface area contributed by atoms with Gasteiger partial charge in [-0.3, -0.25) is 14.5 Å². The minimum Gasteiger partial charge on any atom is -0.348 e. The van der Waals surface area contributed by atoms with Gasteiger partial charge >= 0.3 is 0 Å². The van der Waals surface area contributed by atoms with E-state index in [1.165, 1.54) is 0 Å². The molecule has 0 aliphatic carbocycles. The maximum atomic E-state index is 13.0. The van der Waals surface area contributed by atoms with Crippen LogP contribution in [0.3, 0.4) is 0 Å². The molecular weight excluding hydrogens is 348 g/mol. The van der Waals surface area contributed by atoms with E-state index in [0.717, 1.165) is 33.3 Å². The Balaban J connectivity index is 1.57. The molecule has 28 heavy (non-hydrogen) atoms. The van der Waals surface area contributed by atoms with Crippen LogP contribution in [0.2, 0.25) is 0 Å². The third-order valence-corrected chi connectivity index (χ3v) is 4.79. The molecule has 5 heteroatoms. The Labute approximate surface area is 164 Å². The van der Waals surface area contributed by atoms with Crippen molar-refractivity contribution in [2.75, 3.05) is 0 Å². The van der Waals surface area contributed by atoms with Crippen LogP contribution in [-0.4, -0.2) is 20.7 Å². The number of rotatable bonds is 5. The van der Waals surface area contributed by atoms with Gasteiger partial charge in [0.25, 0.3) is 5.91 Å². The number of carbonyl (C=O) groups is 1. The molecule has 5 nitrogen and oxygen atoms in total. The van der Waals surface area contributed by atoms with Gasteiger partial charge in [-0.2, -0.15) is 5.10 Å². The molecule has 0 bridgehead atoms. The fourth-order valence-electron chi connectivity index (χ4n) is 3.38. The first-order chi connectivity index (χ1) is 13.6. The van der Waals surface area contributed by atoms with Crippen LogP contribution in [0, 0.1) is 13.8 Å². The summed E-state index contributed by atoms with van der Waals surface area (Å²) in [6.07, 6.45) is 3.70. The number of nitrogens with zero attached hydrogens (tertiary/aromatic N) is 3. The van der Waals surface area contributed by atoms with Crippen LogP contribution in [0.15, 0.2) is 67.0 Å². The zero-order valence-electron chi connectivity index (χ0n) is 16.0. The number of nitrogens with one attached hydrogen (secondary N) is 1. The van der Waals surface area contributed by atoms with Crippen molar-refractivity contribution in [2.24, 2.45) is 0 Å². The second-order valence-corrected chi connectivity index (χ2v) is 6.99. The van der Waals surface area contributed by atoms with E-state index >= 15 is 0 Å². The second kappa shape index (κ2) is 7.64. The van der Waals surface area contributed by atoms with Crippen molar-refractivity contribution in [1.29, 1.82) is 0 Å². The van der Waals surface area contributed by atoms with E-state index in [0.29, 0.717) is 18.7 Å². The minimum atomic E-state index is -0.0880. The van der Waals surface area contributed by atoms with Crippen molar-refractivity contribution in [1.82, 2.24) is 20.1 Å². The van der Waals surface area contributed by atoms with Crippen LogP contribution >= 0.6 is 0 Å². The van der Waals surface area contributed by atoms with Crippen molar-refractivity contribution >= 4 is 16.8 Å². The summed E-state index contributed by atoms with van der Waals surface area (Å²) in [7, 11) is 0. The van der Waals surface area contributed by atoms with Gasteiger partial charge in [0.2, 0.25) is 0 Å². The van der Waals surface area contributed by atoms with Crippen LogP contribution in [0.4, 0.5) is 0 Å². The topological polar surface area (TPSA) is 59.8 Å². The zero-order valence-corrected chi connectivity index (χ0v) is 16.0. The minimum absolute atomic E-state index is 0.0880. The van der Waals surface area contributed by atoms with Crippen molar-refractivity contribution in [3.05, 3.63) is 94.9 Å². The quantitative estimate of drug-likeness (QED) is 0.577. The number of hydrogen-bond donors (Lipinski definition) is 1. The summed E-state index contributed by atoms with van der Waals surface area (Å²) >= 11 is 0. The number of aryl methyl sites for hydroxylation is 2. The number of amides is 1. The molecule has 2 aromatic heterocycles. The van der Waals surface area contributed by atoms with E-state index < -0.39 is 0 Å². The number of hydrogen-bond acceptors (Lipinski definition) is 3. The molecule has 0 fully saturated rings. The molecule has 0 saturated heterocycles. The predicted octanol–water partition coefficient (Wildman–Crippen LogP) is 4.03. The summed E-state index contributed by atoms with van der Waals surface area (Å²) in [5.41, 5.74) is 5.67. The van der Waals surface area contributed by atoms with Crippen LogP contribution < -0.4 is 5.32 Å². The van der Waals surface area contributed by atoms with E-state index in [1.807, 2.05) is 73.3 Å². The van der Waals surface area contributed by atoms with Crippen LogP contribution in [0.25, 0.3) is 10.9 Å². The molecule has 0 atom stereocenters. The summed E-state index contributed by atoms with van der Waals surface area (Å²) in [5.74, 6) is -0.0880. The smallest absolute Gasteiger partial charge is 0.252 e. The molecule has 0 radical (unpaired) electrons. The molecule has 1 N–H and O–H groups in total. The Hall–Kier alpha value is -3.47. The average Bonchev–Trinajstić information content (AvgIpc) is 3.20. The van der Waals surface area contributed by atoms with Crippen molar-refractivity contribution in [3.63, 3.8) is 0 Å². The highest BCUT2D eigenvalue weighted by molar-refractivity contribution is 6.06. The van der Waals surface area contributed by atoms with Gasteiger partial charge in [0.05, 0.1) is 17.6 Å². The molecule has 4 aromatic rings. The van der Waals surface area contributed by atoms with Crippen LogP contribution in [0.1, 0.15) is 32.7 Å².